The maximum absolute atomic E-state index is 14.1. The highest BCUT2D eigenvalue weighted by atomic mass is 32.1. The van der Waals surface area contributed by atoms with E-state index >= 15 is 0 Å². The number of carbonyl (C=O) groups is 2. The van der Waals surface area contributed by atoms with E-state index in [0.717, 1.165) is 44.2 Å². The van der Waals surface area contributed by atoms with Crippen LogP contribution in [0.15, 0.2) is 35.7 Å². The van der Waals surface area contributed by atoms with Crippen molar-refractivity contribution in [3.05, 3.63) is 57.5 Å². The van der Waals surface area contributed by atoms with Crippen LogP contribution in [0.1, 0.15) is 74.9 Å². The lowest BCUT2D eigenvalue weighted by molar-refractivity contribution is -0.145. The molecule has 196 valence electrons. The summed E-state index contributed by atoms with van der Waals surface area (Å²) in [5.41, 5.74) is 2.18. The molecule has 1 aromatic carbocycles. The van der Waals surface area contributed by atoms with Crippen LogP contribution < -0.4 is 0 Å². The summed E-state index contributed by atoms with van der Waals surface area (Å²) in [5, 5.41) is 2.11. The summed E-state index contributed by atoms with van der Waals surface area (Å²) in [7, 11) is 0. The van der Waals surface area contributed by atoms with Crippen molar-refractivity contribution in [3.8, 4) is 0 Å². The van der Waals surface area contributed by atoms with Crippen LogP contribution in [-0.2, 0) is 16.0 Å². The number of carbonyl (C=O) groups excluding carboxylic acids is 2. The van der Waals surface area contributed by atoms with Gasteiger partial charge >= 0.3 is 0 Å². The standard InChI is InChI=1S/C29H40FN3O2S/c1-4-6-8-22(5-2)29(35)33-17-16-32(20-21(33)3)27(34)12-15-31-14-11-26-25(13-18-36-26)28(31)23-9-7-10-24(30)19-23/h7,9-10,13,18-19,21-22,28H,4-6,8,11-12,14-17,20H2,1-3H3/t21-,22-,28+/m0/s1. The van der Waals surface area contributed by atoms with E-state index in [1.165, 1.54) is 16.5 Å². The minimum absolute atomic E-state index is 0.0222. The normalized spacial score (nSPS) is 21.3. The summed E-state index contributed by atoms with van der Waals surface area (Å²) in [5.74, 6) is 0.257. The average molecular weight is 514 g/mol. The first kappa shape index (κ1) is 26.8. The molecule has 2 amide bonds. The molecule has 0 N–H and O–H groups in total. The van der Waals surface area contributed by atoms with Gasteiger partial charge in [-0.05, 0) is 60.9 Å². The average Bonchev–Trinajstić information content (AvgIpc) is 3.36. The number of fused-ring (bicyclic) bond motifs is 1. The first-order valence-electron chi connectivity index (χ1n) is 13.6. The Morgan fingerprint density at radius 3 is 2.72 bits per heavy atom. The van der Waals surface area contributed by atoms with Crippen LogP contribution in [0.4, 0.5) is 4.39 Å². The SMILES string of the molecule is CCCC[C@H](CC)C(=O)N1CCN(C(=O)CCN2CCc3sccc3[C@H]2c2cccc(F)c2)C[C@@H]1C. The van der Waals surface area contributed by atoms with E-state index in [1.807, 2.05) is 15.9 Å². The summed E-state index contributed by atoms with van der Waals surface area (Å²) < 4.78 is 14.1. The molecular weight excluding hydrogens is 473 g/mol. The molecule has 0 bridgehead atoms. The second-order valence-corrected chi connectivity index (χ2v) is 11.3. The molecule has 4 rings (SSSR count). The van der Waals surface area contributed by atoms with E-state index in [-0.39, 0.29) is 35.6 Å². The van der Waals surface area contributed by atoms with Gasteiger partial charge < -0.3 is 9.80 Å². The van der Waals surface area contributed by atoms with Crippen molar-refractivity contribution in [1.29, 1.82) is 0 Å². The maximum atomic E-state index is 14.1. The molecule has 0 radical (unpaired) electrons. The molecular formula is C29H40FN3O2S. The molecule has 3 atom stereocenters. The monoisotopic (exact) mass is 513 g/mol. The van der Waals surface area contributed by atoms with Crippen LogP contribution in [0.2, 0.25) is 0 Å². The largest absolute Gasteiger partial charge is 0.339 e. The van der Waals surface area contributed by atoms with E-state index < -0.39 is 0 Å². The highest BCUT2D eigenvalue weighted by Gasteiger charge is 2.34. The Bertz CT molecular complexity index is 1040. The fraction of sp³-hybridized carbons (Fsp3) is 0.586. The molecule has 0 saturated carbocycles. The van der Waals surface area contributed by atoms with E-state index in [1.54, 1.807) is 23.5 Å². The van der Waals surface area contributed by atoms with Gasteiger partial charge in [0.05, 0.1) is 6.04 Å². The molecule has 3 heterocycles. The third-order valence-corrected chi connectivity index (χ3v) is 8.85. The van der Waals surface area contributed by atoms with Gasteiger partial charge in [0.2, 0.25) is 11.8 Å². The van der Waals surface area contributed by atoms with Crippen molar-refractivity contribution in [2.45, 2.75) is 71.4 Å². The van der Waals surface area contributed by atoms with Crippen molar-refractivity contribution < 1.29 is 14.0 Å². The minimum Gasteiger partial charge on any atom is -0.339 e. The first-order chi connectivity index (χ1) is 17.4. The molecule has 2 aliphatic heterocycles. The van der Waals surface area contributed by atoms with Crippen molar-refractivity contribution in [2.24, 2.45) is 5.92 Å². The second-order valence-electron chi connectivity index (χ2n) is 10.3. The van der Waals surface area contributed by atoms with Crippen LogP contribution in [0, 0.1) is 11.7 Å². The van der Waals surface area contributed by atoms with Gasteiger partial charge in [-0.15, -0.1) is 11.3 Å². The molecule has 1 fully saturated rings. The van der Waals surface area contributed by atoms with Gasteiger partial charge in [-0.3, -0.25) is 14.5 Å². The minimum atomic E-state index is -0.229. The van der Waals surface area contributed by atoms with Gasteiger partial charge in [-0.2, -0.15) is 0 Å². The molecule has 0 unspecified atom stereocenters. The lowest BCUT2D eigenvalue weighted by Gasteiger charge is -2.42. The Kier molecular flexibility index (Phi) is 9.18. The van der Waals surface area contributed by atoms with Gasteiger partial charge in [0.25, 0.3) is 0 Å². The Morgan fingerprint density at radius 1 is 1.17 bits per heavy atom. The predicted octanol–water partition coefficient (Wildman–Crippen LogP) is 5.50. The zero-order valence-corrected chi connectivity index (χ0v) is 22.7. The Labute approximate surface area is 219 Å². The van der Waals surface area contributed by atoms with E-state index in [0.29, 0.717) is 32.6 Å². The second kappa shape index (κ2) is 12.3. The van der Waals surface area contributed by atoms with Gasteiger partial charge in [0.1, 0.15) is 5.82 Å². The summed E-state index contributed by atoms with van der Waals surface area (Å²) in [6, 6.07) is 9.01. The number of hydrogen-bond donors (Lipinski definition) is 0. The third kappa shape index (κ3) is 6.00. The Balaban J connectivity index is 1.36. The number of thiophene rings is 1. The topological polar surface area (TPSA) is 43.9 Å². The van der Waals surface area contributed by atoms with Crippen LogP contribution in [0.3, 0.4) is 0 Å². The quantitative estimate of drug-likeness (QED) is 0.445. The van der Waals surface area contributed by atoms with Crippen LogP contribution in [0.5, 0.6) is 0 Å². The summed E-state index contributed by atoms with van der Waals surface area (Å²) >= 11 is 1.76. The van der Waals surface area contributed by atoms with E-state index in [4.69, 9.17) is 0 Å². The van der Waals surface area contributed by atoms with Crippen LogP contribution in [-0.4, -0.2) is 65.3 Å². The number of benzene rings is 1. The maximum Gasteiger partial charge on any atom is 0.226 e. The van der Waals surface area contributed by atoms with Crippen molar-refractivity contribution in [1.82, 2.24) is 14.7 Å². The van der Waals surface area contributed by atoms with Gasteiger partial charge in [-0.1, -0.05) is 38.8 Å². The van der Waals surface area contributed by atoms with E-state index in [2.05, 4.69) is 37.1 Å². The summed E-state index contributed by atoms with van der Waals surface area (Å²) in [4.78, 5) is 33.9. The van der Waals surface area contributed by atoms with Gasteiger partial charge in [-0.25, -0.2) is 4.39 Å². The molecule has 2 aromatic rings. The number of amides is 2. The fourth-order valence-electron chi connectivity index (χ4n) is 5.77. The van der Waals surface area contributed by atoms with E-state index in [9.17, 15) is 14.0 Å². The molecule has 0 aliphatic carbocycles. The molecule has 1 aromatic heterocycles. The number of hydrogen-bond acceptors (Lipinski definition) is 4. The number of halogens is 1. The highest BCUT2D eigenvalue weighted by molar-refractivity contribution is 7.10. The number of nitrogens with zero attached hydrogens (tertiary/aromatic N) is 3. The third-order valence-electron chi connectivity index (χ3n) is 7.85. The predicted molar refractivity (Wildman–Crippen MR) is 144 cm³/mol. The molecule has 1 saturated heterocycles. The highest BCUT2D eigenvalue weighted by Crippen LogP contribution is 2.38. The van der Waals surface area contributed by atoms with Crippen LogP contribution in [0.25, 0.3) is 0 Å². The Hall–Kier alpha value is -2.25. The number of unbranched alkanes of at least 4 members (excludes halogenated alkanes) is 1. The number of piperazine rings is 1. The lowest BCUT2D eigenvalue weighted by Crippen LogP contribution is -2.56. The molecule has 7 heteroatoms. The summed E-state index contributed by atoms with van der Waals surface area (Å²) in [6.45, 7) is 9.62. The van der Waals surface area contributed by atoms with Crippen molar-refractivity contribution in [2.75, 3.05) is 32.7 Å². The van der Waals surface area contributed by atoms with Gasteiger partial charge in [0.15, 0.2) is 0 Å². The zero-order chi connectivity index (χ0) is 25.7. The molecule has 36 heavy (non-hydrogen) atoms. The molecule has 2 aliphatic rings. The zero-order valence-electron chi connectivity index (χ0n) is 21.9. The number of rotatable bonds is 9. The fourth-order valence-corrected chi connectivity index (χ4v) is 6.68. The van der Waals surface area contributed by atoms with Crippen molar-refractivity contribution in [3.63, 3.8) is 0 Å². The molecule has 5 nitrogen and oxygen atoms in total. The van der Waals surface area contributed by atoms with Crippen molar-refractivity contribution >= 4 is 23.2 Å². The lowest BCUT2D eigenvalue weighted by atomic mass is 9.93. The summed E-state index contributed by atoms with van der Waals surface area (Å²) in [6.07, 6.45) is 5.40. The van der Waals surface area contributed by atoms with Gasteiger partial charge in [0, 0.05) is 56.0 Å². The van der Waals surface area contributed by atoms with Crippen LogP contribution >= 0.6 is 11.3 Å². The Morgan fingerprint density at radius 2 is 2.00 bits per heavy atom. The molecule has 0 spiro atoms. The first-order valence-corrected chi connectivity index (χ1v) is 14.4. The smallest absolute Gasteiger partial charge is 0.226 e.